The smallest absolute Gasteiger partial charge is 0.326 e. The molecule has 1 aliphatic rings. The maximum atomic E-state index is 12.9. The number of carbonyl (C=O) groups is 2. The molecule has 0 saturated carbocycles. The van der Waals surface area contributed by atoms with Crippen LogP contribution in [0.15, 0.2) is 65.8 Å². The minimum Gasteiger partial charge on any atom is -0.495 e. The van der Waals surface area contributed by atoms with E-state index in [1.807, 2.05) is 37.3 Å². The molecule has 3 aromatic rings. The maximum Gasteiger partial charge on any atom is 0.326 e. The van der Waals surface area contributed by atoms with Gasteiger partial charge in [-0.2, -0.15) is 0 Å². The second-order valence-corrected chi connectivity index (χ2v) is 8.08. The number of hydrogen-bond acceptors (Lipinski definition) is 5. The van der Waals surface area contributed by atoms with Crippen molar-refractivity contribution >= 4 is 40.8 Å². The van der Waals surface area contributed by atoms with E-state index in [9.17, 15) is 9.59 Å². The standard InChI is InChI=1S/C23H22N4O3S/c1-15-8-9-20(30-2)18(13-15)26-21(28)16-5-3-6-17(14-16)25-23(29)27-11-12-31-22-19(27)7-4-10-24-22/h3-10,13-14H,11-12H2,1-2H3,(H,25,29)(H,26,28). The molecule has 3 amide bonds. The van der Waals surface area contributed by atoms with Gasteiger partial charge in [0.15, 0.2) is 0 Å². The van der Waals surface area contributed by atoms with Crippen molar-refractivity contribution in [3.8, 4) is 5.75 Å². The van der Waals surface area contributed by atoms with Gasteiger partial charge in [0.1, 0.15) is 10.8 Å². The summed E-state index contributed by atoms with van der Waals surface area (Å²) in [5.74, 6) is 1.07. The number of methoxy groups -OCH3 is 1. The first kappa shape index (κ1) is 20.7. The van der Waals surface area contributed by atoms with Crippen molar-refractivity contribution in [2.45, 2.75) is 11.9 Å². The van der Waals surface area contributed by atoms with Gasteiger partial charge in [-0.15, -0.1) is 11.8 Å². The Labute approximate surface area is 184 Å². The molecule has 2 N–H and O–H groups in total. The molecule has 1 aliphatic heterocycles. The van der Waals surface area contributed by atoms with E-state index >= 15 is 0 Å². The topological polar surface area (TPSA) is 83.6 Å². The normalized spacial score (nSPS) is 12.6. The number of anilines is 3. The second kappa shape index (κ2) is 9.09. The molecule has 31 heavy (non-hydrogen) atoms. The number of pyridine rings is 1. The van der Waals surface area contributed by atoms with Gasteiger partial charge in [-0.05, 0) is 55.0 Å². The lowest BCUT2D eigenvalue weighted by molar-refractivity contribution is 0.102. The minimum absolute atomic E-state index is 0.257. The average Bonchev–Trinajstić information content (AvgIpc) is 2.79. The number of rotatable bonds is 4. The third kappa shape index (κ3) is 4.64. The molecule has 2 heterocycles. The Balaban J connectivity index is 1.50. The number of aromatic nitrogens is 1. The number of fused-ring (bicyclic) bond motifs is 1. The summed E-state index contributed by atoms with van der Waals surface area (Å²) in [5.41, 5.74) is 3.36. The Kier molecular flexibility index (Phi) is 6.08. The van der Waals surface area contributed by atoms with Gasteiger partial charge in [0.05, 0.1) is 18.5 Å². The molecule has 1 aromatic heterocycles. The fourth-order valence-electron chi connectivity index (χ4n) is 3.31. The van der Waals surface area contributed by atoms with Crippen molar-refractivity contribution < 1.29 is 14.3 Å². The van der Waals surface area contributed by atoms with Crippen LogP contribution in [0.1, 0.15) is 15.9 Å². The summed E-state index contributed by atoms with van der Waals surface area (Å²) < 4.78 is 5.33. The SMILES string of the molecule is COc1ccc(C)cc1NC(=O)c1cccc(NC(=O)N2CCSc3ncccc32)c1. The van der Waals surface area contributed by atoms with Gasteiger partial charge in [0, 0.05) is 29.7 Å². The van der Waals surface area contributed by atoms with Crippen LogP contribution in [-0.2, 0) is 0 Å². The van der Waals surface area contributed by atoms with Crippen LogP contribution in [0.25, 0.3) is 0 Å². The molecule has 0 atom stereocenters. The predicted molar refractivity (Wildman–Crippen MR) is 123 cm³/mol. The van der Waals surface area contributed by atoms with Crippen LogP contribution in [0, 0.1) is 6.92 Å². The van der Waals surface area contributed by atoms with Crippen molar-refractivity contribution in [2.75, 3.05) is 34.9 Å². The molecule has 0 radical (unpaired) electrons. The fraction of sp³-hybridized carbons (Fsp3) is 0.174. The number of aryl methyl sites for hydroxylation is 1. The summed E-state index contributed by atoms with van der Waals surface area (Å²) in [6.07, 6.45) is 1.72. The number of thioether (sulfide) groups is 1. The first-order chi connectivity index (χ1) is 15.0. The van der Waals surface area contributed by atoms with E-state index in [4.69, 9.17) is 4.74 Å². The molecule has 2 aromatic carbocycles. The van der Waals surface area contributed by atoms with E-state index in [0.717, 1.165) is 22.0 Å². The number of hydrogen-bond donors (Lipinski definition) is 2. The van der Waals surface area contributed by atoms with E-state index in [0.29, 0.717) is 29.2 Å². The lowest BCUT2D eigenvalue weighted by Gasteiger charge is -2.28. The van der Waals surface area contributed by atoms with Crippen LogP contribution in [0.2, 0.25) is 0 Å². The van der Waals surface area contributed by atoms with Gasteiger partial charge in [0.2, 0.25) is 0 Å². The van der Waals surface area contributed by atoms with Crippen LogP contribution in [-0.4, -0.2) is 36.3 Å². The molecule has 8 heteroatoms. The van der Waals surface area contributed by atoms with Crippen LogP contribution >= 0.6 is 11.8 Å². The summed E-state index contributed by atoms with van der Waals surface area (Å²) >= 11 is 1.63. The number of carbonyl (C=O) groups excluding carboxylic acids is 2. The molecular formula is C23H22N4O3S. The Hall–Kier alpha value is -3.52. The molecule has 158 valence electrons. The van der Waals surface area contributed by atoms with E-state index < -0.39 is 0 Å². The summed E-state index contributed by atoms with van der Waals surface area (Å²) in [6, 6.07) is 15.9. The highest BCUT2D eigenvalue weighted by atomic mass is 32.2. The molecule has 0 aliphatic carbocycles. The quantitative estimate of drug-likeness (QED) is 0.617. The lowest BCUT2D eigenvalue weighted by Crippen LogP contribution is -2.38. The Morgan fingerprint density at radius 2 is 1.97 bits per heavy atom. The zero-order valence-corrected chi connectivity index (χ0v) is 18.0. The maximum absolute atomic E-state index is 12.9. The Bertz CT molecular complexity index is 1140. The number of ether oxygens (including phenoxy) is 1. The van der Waals surface area contributed by atoms with Crippen LogP contribution < -0.4 is 20.3 Å². The summed E-state index contributed by atoms with van der Waals surface area (Å²) in [6.45, 7) is 2.53. The number of benzene rings is 2. The van der Waals surface area contributed by atoms with E-state index in [2.05, 4.69) is 15.6 Å². The van der Waals surface area contributed by atoms with Gasteiger partial charge in [-0.25, -0.2) is 9.78 Å². The van der Waals surface area contributed by atoms with Crippen LogP contribution in [0.5, 0.6) is 5.75 Å². The summed E-state index contributed by atoms with van der Waals surface area (Å²) in [5, 5.41) is 6.60. The van der Waals surface area contributed by atoms with Gasteiger partial charge in [0.25, 0.3) is 5.91 Å². The third-order valence-electron chi connectivity index (χ3n) is 4.82. The number of amides is 3. The molecule has 0 fully saturated rings. The molecule has 4 rings (SSSR count). The first-order valence-electron chi connectivity index (χ1n) is 9.77. The third-order valence-corrected chi connectivity index (χ3v) is 5.79. The van der Waals surface area contributed by atoms with Crippen molar-refractivity contribution in [3.05, 3.63) is 71.9 Å². The molecule has 0 saturated heterocycles. The van der Waals surface area contributed by atoms with Crippen molar-refractivity contribution in [3.63, 3.8) is 0 Å². The Morgan fingerprint density at radius 3 is 2.81 bits per heavy atom. The zero-order chi connectivity index (χ0) is 21.8. The monoisotopic (exact) mass is 434 g/mol. The summed E-state index contributed by atoms with van der Waals surface area (Å²) in [7, 11) is 1.56. The molecule has 0 unspecified atom stereocenters. The molecular weight excluding hydrogens is 412 g/mol. The van der Waals surface area contributed by atoms with Gasteiger partial charge in [-0.1, -0.05) is 12.1 Å². The largest absolute Gasteiger partial charge is 0.495 e. The van der Waals surface area contributed by atoms with E-state index in [-0.39, 0.29) is 11.9 Å². The number of nitrogens with one attached hydrogen (secondary N) is 2. The lowest BCUT2D eigenvalue weighted by atomic mass is 10.1. The van der Waals surface area contributed by atoms with Gasteiger partial charge < -0.3 is 15.4 Å². The number of nitrogens with zero attached hydrogens (tertiary/aromatic N) is 2. The first-order valence-corrected chi connectivity index (χ1v) is 10.8. The van der Waals surface area contributed by atoms with E-state index in [1.54, 1.807) is 54.2 Å². The minimum atomic E-state index is -0.288. The van der Waals surface area contributed by atoms with E-state index in [1.165, 1.54) is 0 Å². The van der Waals surface area contributed by atoms with Gasteiger partial charge in [-0.3, -0.25) is 9.69 Å². The fourth-order valence-corrected chi connectivity index (χ4v) is 4.24. The number of urea groups is 1. The zero-order valence-electron chi connectivity index (χ0n) is 17.2. The van der Waals surface area contributed by atoms with Crippen LogP contribution in [0.4, 0.5) is 21.9 Å². The highest BCUT2D eigenvalue weighted by Gasteiger charge is 2.24. The predicted octanol–water partition coefficient (Wildman–Crippen LogP) is 4.80. The molecule has 0 spiro atoms. The Morgan fingerprint density at radius 1 is 1.10 bits per heavy atom. The van der Waals surface area contributed by atoms with Crippen molar-refractivity contribution in [2.24, 2.45) is 0 Å². The molecule has 7 nitrogen and oxygen atoms in total. The van der Waals surface area contributed by atoms with Crippen LogP contribution in [0.3, 0.4) is 0 Å². The highest BCUT2D eigenvalue weighted by Crippen LogP contribution is 2.32. The van der Waals surface area contributed by atoms with Crippen molar-refractivity contribution in [1.82, 2.24) is 4.98 Å². The average molecular weight is 435 g/mol. The van der Waals surface area contributed by atoms with Crippen molar-refractivity contribution in [1.29, 1.82) is 0 Å². The highest BCUT2D eigenvalue weighted by molar-refractivity contribution is 7.99. The summed E-state index contributed by atoms with van der Waals surface area (Å²) in [4.78, 5) is 31.7. The second-order valence-electron chi connectivity index (χ2n) is 7.00. The van der Waals surface area contributed by atoms with Gasteiger partial charge >= 0.3 is 6.03 Å². The molecule has 0 bridgehead atoms.